The van der Waals surface area contributed by atoms with Crippen LogP contribution in [-0.4, -0.2) is 46.8 Å². The summed E-state index contributed by atoms with van der Waals surface area (Å²) in [5.41, 5.74) is 2.20. The molecular weight excluding hydrogens is 392 g/mol. The zero-order valence-corrected chi connectivity index (χ0v) is 17.6. The fourth-order valence-corrected chi connectivity index (χ4v) is 4.38. The van der Waals surface area contributed by atoms with E-state index in [4.69, 9.17) is 25.8 Å². The van der Waals surface area contributed by atoms with Gasteiger partial charge in [-0.25, -0.2) is 0 Å². The molecule has 2 aliphatic rings. The molecule has 4 rings (SSSR count). The summed E-state index contributed by atoms with van der Waals surface area (Å²) in [6.07, 6.45) is -2.73. The third kappa shape index (κ3) is 3.66. The fraction of sp³-hybridized carbons (Fsp3) is 0.478. The normalized spacial score (nSPS) is 33.7. The zero-order valence-electron chi connectivity index (χ0n) is 16.8. The Morgan fingerprint density at radius 3 is 2.48 bits per heavy atom. The van der Waals surface area contributed by atoms with Gasteiger partial charge in [-0.2, -0.15) is 0 Å². The molecule has 0 radical (unpaired) electrons. The molecule has 156 valence electrons. The smallest absolute Gasteiger partial charge is 0.121 e. The van der Waals surface area contributed by atoms with Gasteiger partial charge in [0.2, 0.25) is 0 Å². The Bertz CT molecular complexity index is 870. The number of hydrogen-bond donors (Lipinski definition) is 2. The number of fused-ring (bicyclic) bond motifs is 1. The molecule has 0 saturated carbocycles. The largest absolute Gasteiger partial charge is 0.494 e. The Kier molecular flexibility index (Phi) is 5.62. The van der Waals surface area contributed by atoms with Crippen LogP contribution in [0.5, 0.6) is 5.75 Å². The monoisotopic (exact) mass is 418 g/mol. The Labute approximate surface area is 176 Å². The Balaban J connectivity index is 1.58. The zero-order chi connectivity index (χ0) is 20.8. The van der Waals surface area contributed by atoms with Crippen molar-refractivity contribution >= 4 is 11.6 Å². The van der Waals surface area contributed by atoms with E-state index in [0.29, 0.717) is 18.1 Å². The molecular formula is C23H27ClO5. The molecule has 2 aliphatic heterocycles. The number of aliphatic hydroxyl groups excluding tert-OH is 2. The Morgan fingerprint density at radius 2 is 1.83 bits per heavy atom. The molecule has 2 heterocycles. The summed E-state index contributed by atoms with van der Waals surface area (Å²) >= 11 is 6.45. The van der Waals surface area contributed by atoms with E-state index < -0.39 is 30.0 Å². The molecule has 0 bridgehead atoms. The van der Waals surface area contributed by atoms with Crippen LogP contribution in [0.4, 0.5) is 0 Å². The highest BCUT2D eigenvalue weighted by molar-refractivity contribution is 6.31. The predicted octanol–water partition coefficient (Wildman–Crippen LogP) is 3.67. The van der Waals surface area contributed by atoms with E-state index in [1.807, 2.05) is 63.2 Å². The molecule has 2 saturated heterocycles. The van der Waals surface area contributed by atoms with Crippen molar-refractivity contribution in [2.75, 3.05) is 6.61 Å². The van der Waals surface area contributed by atoms with Crippen LogP contribution >= 0.6 is 11.6 Å². The summed E-state index contributed by atoms with van der Waals surface area (Å²) in [6, 6.07) is 13.5. The SMILES string of the molecule is CCOc1ccc(Cc2cc(C3OC4(C)[C@H](O[C@@H]4C)C(O)[C@H]3O)ccc2Cl)cc1. The minimum absolute atomic E-state index is 0.146. The van der Waals surface area contributed by atoms with Crippen molar-refractivity contribution in [1.82, 2.24) is 0 Å². The number of halogens is 1. The highest BCUT2D eigenvalue weighted by Gasteiger charge is 2.62. The Morgan fingerprint density at radius 1 is 1.10 bits per heavy atom. The van der Waals surface area contributed by atoms with Crippen molar-refractivity contribution in [3.8, 4) is 5.75 Å². The third-order valence-electron chi connectivity index (χ3n) is 6.10. The lowest BCUT2D eigenvalue weighted by molar-refractivity contribution is -0.378. The van der Waals surface area contributed by atoms with E-state index in [1.54, 1.807) is 0 Å². The van der Waals surface area contributed by atoms with Crippen molar-refractivity contribution in [2.24, 2.45) is 0 Å². The van der Waals surface area contributed by atoms with Gasteiger partial charge in [0, 0.05) is 5.02 Å². The number of ether oxygens (including phenoxy) is 3. The molecule has 5 nitrogen and oxygen atoms in total. The molecule has 0 amide bonds. The highest BCUT2D eigenvalue weighted by Crippen LogP contribution is 2.48. The molecule has 6 heteroatoms. The van der Waals surface area contributed by atoms with Crippen LogP contribution in [0.15, 0.2) is 42.5 Å². The van der Waals surface area contributed by atoms with Gasteiger partial charge < -0.3 is 24.4 Å². The van der Waals surface area contributed by atoms with E-state index in [9.17, 15) is 10.2 Å². The van der Waals surface area contributed by atoms with Gasteiger partial charge >= 0.3 is 0 Å². The van der Waals surface area contributed by atoms with E-state index in [1.165, 1.54) is 0 Å². The molecule has 6 atom stereocenters. The summed E-state index contributed by atoms with van der Waals surface area (Å²) in [5, 5.41) is 21.8. The first-order valence-corrected chi connectivity index (χ1v) is 10.4. The van der Waals surface area contributed by atoms with Gasteiger partial charge in [-0.05, 0) is 62.1 Å². The second-order valence-electron chi connectivity index (χ2n) is 8.01. The first kappa shape index (κ1) is 20.6. The van der Waals surface area contributed by atoms with Crippen molar-refractivity contribution in [3.05, 3.63) is 64.2 Å². The van der Waals surface area contributed by atoms with Gasteiger partial charge in [-0.3, -0.25) is 0 Å². The van der Waals surface area contributed by atoms with E-state index >= 15 is 0 Å². The van der Waals surface area contributed by atoms with Crippen LogP contribution in [0.2, 0.25) is 5.02 Å². The van der Waals surface area contributed by atoms with Crippen LogP contribution in [0.3, 0.4) is 0 Å². The first-order valence-electron chi connectivity index (χ1n) is 10.0. The average Bonchev–Trinajstić information content (AvgIpc) is 2.71. The topological polar surface area (TPSA) is 68.2 Å². The van der Waals surface area contributed by atoms with Crippen molar-refractivity contribution in [3.63, 3.8) is 0 Å². The van der Waals surface area contributed by atoms with Crippen molar-refractivity contribution in [1.29, 1.82) is 0 Å². The summed E-state index contributed by atoms with van der Waals surface area (Å²) < 4.78 is 17.3. The number of aliphatic hydroxyl groups is 2. The average molecular weight is 419 g/mol. The molecule has 0 aromatic heterocycles. The second-order valence-corrected chi connectivity index (χ2v) is 8.41. The number of benzene rings is 2. The van der Waals surface area contributed by atoms with Gasteiger partial charge in [-0.15, -0.1) is 0 Å². The van der Waals surface area contributed by atoms with E-state index in [2.05, 4.69) is 0 Å². The van der Waals surface area contributed by atoms with Gasteiger partial charge in [0.05, 0.1) is 12.7 Å². The maximum atomic E-state index is 10.6. The second kappa shape index (κ2) is 7.89. The van der Waals surface area contributed by atoms with Crippen LogP contribution in [0.25, 0.3) is 0 Å². The van der Waals surface area contributed by atoms with Crippen LogP contribution < -0.4 is 4.74 Å². The molecule has 2 aromatic rings. The number of hydrogen-bond acceptors (Lipinski definition) is 5. The minimum atomic E-state index is -1.07. The lowest BCUT2D eigenvalue weighted by Crippen LogP contribution is -2.73. The van der Waals surface area contributed by atoms with Gasteiger partial charge in [0.25, 0.3) is 0 Å². The minimum Gasteiger partial charge on any atom is -0.494 e. The van der Waals surface area contributed by atoms with Crippen LogP contribution in [0, 0.1) is 0 Å². The highest BCUT2D eigenvalue weighted by atomic mass is 35.5. The molecule has 2 N–H and O–H groups in total. The lowest BCUT2D eigenvalue weighted by atomic mass is 9.76. The molecule has 29 heavy (non-hydrogen) atoms. The maximum Gasteiger partial charge on any atom is 0.121 e. The summed E-state index contributed by atoms with van der Waals surface area (Å²) in [6.45, 7) is 6.42. The molecule has 0 spiro atoms. The summed E-state index contributed by atoms with van der Waals surface area (Å²) in [5.74, 6) is 0.837. The van der Waals surface area contributed by atoms with Gasteiger partial charge in [0.1, 0.15) is 35.8 Å². The van der Waals surface area contributed by atoms with Gasteiger partial charge in [0.15, 0.2) is 0 Å². The standard InChI is InChI=1S/C23H27ClO5/c1-4-27-17-8-5-14(6-9-17)11-16-12-15(7-10-18(16)24)21-19(25)20(26)22-23(3,29-21)13(2)28-22/h5-10,12-13,19-22,25-26H,4,11H2,1-3H3/t13-,19-,20?,21?,22-,23?/m1/s1. The van der Waals surface area contributed by atoms with Gasteiger partial charge in [-0.1, -0.05) is 35.9 Å². The number of rotatable bonds is 5. The first-order chi connectivity index (χ1) is 13.8. The summed E-state index contributed by atoms with van der Waals surface area (Å²) in [4.78, 5) is 0. The van der Waals surface area contributed by atoms with Crippen molar-refractivity contribution < 1.29 is 24.4 Å². The fourth-order valence-electron chi connectivity index (χ4n) is 4.20. The molecule has 3 unspecified atom stereocenters. The lowest BCUT2D eigenvalue weighted by Gasteiger charge is -2.59. The Hall–Kier alpha value is -1.63. The molecule has 0 aliphatic carbocycles. The molecule has 2 aromatic carbocycles. The predicted molar refractivity (Wildman–Crippen MR) is 110 cm³/mol. The quantitative estimate of drug-likeness (QED) is 0.775. The van der Waals surface area contributed by atoms with Crippen LogP contribution in [0.1, 0.15) is 43.6 Å². The summed E-state index contributed by atoms with van der Waals surface area (Å²) in [7, 11) is 0. The maximum absolute atomic E-state index is 10.6. The molecule has 2 fully saturated rings. The van der Waals surface area contributed by atoms with E-state index in [-0.39, 0.29) is 6.10 Å². The van der Waals surface area contributed by atoms with E-state index in [0.717, 1.165) is 22.4 Å². The van der Waals surface area contributed by atoms with Crippen LogP contribution in [-0.2, 0) is 15.9 Å². The third-order valence-corrected chi connectivity index (χ3v) is 6.47. The van der Waals surface area contributed by atoms with Crippen molar-refractivity contribution in [2.45, 2.75) is 63.3 Å².